The van der Waals surface area contributed by atoms with Crippen molar-refractivity contribution in [3.63, 3.8) is 0 Å². The highest BCUT2D eigenvalue weighted by Gasteiger charge is 2.02. The van der Waals surface area contributed by atoms with E-state index in [9.17, 15) is 0 Å². The molecule has 2 heterocycles. The van der Waals surface area contributed by atoms with E-state index in [-0.39, 0.29) is 24.0 Å². The minimum absolute atomic E-state index is 0. The van der Waals surface area contributed by atoms with Crippen LogP contribution in [0.5, 0.6) is 0 Å². The number of benzene rings is 1. The van der Waals surface area contributed by atoms with Crippen LogP contribution in [0.3, 0.4) is 0 Å². The van der Waals surface area contributed by atoms with Gasteiger partial charge < -0.3 is 15.6 Å². The first kappa shape index (κ1) is 19.7. The van der Waals surface area contributed by atoms with Crippen molar-refractivity contribution in [3.05, 3.63) is 52.5 Å². The molecule has 25 heavy (non-hydrogen) atoms. The van der Waals surface area contributed by atoms with Gasteiger partial charge in [-0.05, 0) is 36.9 Å². The summed E-state index contributed by atoms with van der Waals surface area (Å²) in [6, 6.07) is 12.3. The van der Waals surface area contributed by atoms with Gasteiger partial charge in [-0.15, -0.1) is 35.3 Å². The Morgan fingerprint density at radius 2 is 2.08 bits per heavy atom. The van der Waals surface area contributed by atoms with Gasteiger partial charge in [-0.25, -0.2) is 9.98 Å². The first-order chi connectivity index (χ1) is 11.8. The number of nitrogens with one attached hydrogen (secondary N) is 3. The number of guanidine groups is 1. The summed E-state index contributed by atoms with van der Waals surface area (Å²) in [7, 11) is 0. The van der Waals surface area contributed by atoms with E-state index in [0.717, 1.165) is 55.3 Å². The number of para-hydroxylation sites is 2. The first-order valence-electron chi connectivity index (χ1n) is 8.33. The van der Waals surface area contributed by atoms with Gasteiger partial charge in [0.05, 0.1) is 17.6 Å². The Hall–Kier alpha value is -1.61. The number of hydrogen-bond donors (Lipinski definition) is 3. The standard InChI is InChI=1S/C18H23N5S.HI/c1-2-19-18(21-13-14-7-6-12-24-14)20-11-5-10-17-22-15-8-3-4-9-16(15)23-17;/h3-4,6-9,12H,2,5,10-11,13H2,1H3,(H,22,23)(H2,19,20,21);1H. The molecule has 7 heteroatoms. The van der Waals surface area contributed by atoms with Gasteiger partial charge in [-0.3, -0.25) is 0 Å². The van der Waals surface area contributed by atoms with Crippen LogP contribution in [0, 0.1) is 0 Å². The molecule has 3 aromatic rings. The highest BCUT2D eigenvalue weighted by Crippen LogP contribution is 2.11. The molecule has 0 unspecified atom stereocenters. The summed E-state index contributed by atoms with van der Waals surface area (Å²) in [6.45, 7) is 4.53. The number of hydrogen-bond acceptors (Lipinski definition) is 3. The molecule has 0 saturated carbocycles. The molecule has 2 aromatic heterocycles. The van der Waals surface area contributed by atoms with Gasteiger partial charge in [0.2, 0.25) is 0 Å². The topological polar surface area (TPSA) is 65.1 Å². The van der Waals surface area contributed by atoms with E-state index in [1.807, 2.05) is 18.2 Å². The van der Waals surface area contributed by atoms with E-state index < -0.39 is 0 Å². The SMILES string of the molecule is CCNC(=NCc1cccs1)NCCCc1nc2ccccc2[nH]1.I. The summed E-state index contributed by atoms with van der Waals surface area (Å²) >= 11 is 1.74. The van der Waals surface area contributed by atoms with Gasteiger partial charge in [0.25, 0.3) is 0 Å². The Kier molecular flexibility index (Phi) is 8.20. The first-order valence-corrected chi connectivity index (χ1v) is 9.21. The lowest BCUT2D eigenvalue weighted by Gasteiger charge is -2.10. The molecular weight excluding hydrogens is 445 g/mol. The molecular formula is C18H24IN5S. The van der Waals surface area contributed by atoms with Gasteiger partial charge >= 0.3 is 0 Å². The lowest BCUT2D eigenvalue weighted by Crippen LogP contribution is -2.37. The van der Waals surface area contributed by atoms with Crippen molar-refractivity contribution in [1.82, 2.24) is 20.6 Å². The fraction of sp³-hybridized carbons (Fsp3) is 0.333. The molecule has 3 N–H and O–H groups in total. The van der Waals surface area contributed by atoms with Gasteiger partial charge in [0, 0.05) is 24.4 Å². The number of rotatable bonds is 7. The minimum atomic E-state index is 0. The average molecular weight is 469 g/mol. The van der Waals surface area contributed by atoms with E-state index in [1.165, 1.54) is 4.88 Å². The summed E-state index contributed by atoms with van der Waals surface area (Å²) in [4.78, 5) is 13.9. The zero-order valence-corrected chi connectivity index (χ0v) is 17.4. The minimum Gasteiger partial charge on any atom is -0.357 e. The van der Waals surface area contributed by atoms with E-state index in [2.05, 4.69) is 56.1 Å². The van der Waals surface area contributed by atoms with Gasteiger partial charge in [0.15, 0.2) is 5.96 Å². The van der Waals surface area contributed by atoms with Crippen LogP contribution in [0.4, 0.5) is 0 Å². The molecule has 0 amide bonds. The van der Waals surface area contributed by atoms with Crippen LogP contribution in [0.2, 0.25) is 0 Å². The summed E-state index contributed by atoms with van der Waals surface area (Å²) in [5.74, 6) is 1.91. The fourth-order valence-corrected chi connectivity index (χ4v) is 3.12. The molecule has 0 aliphatic heterocycles. The number of aryl methyl sites for hydroxylation is 1. The molecule has 0 saturated heterocycles. The molecule has 1 aromatic carbocycles. The van der Waals surface area contributed by atoms with E-state index in [4.69, 9.17) is 0 Å². The highest BCUT2D eigenvalue weighted by molar-refractivity contribution is 14.0. The molecule has 0 aliphatic carbocycles. The van der Waals surface area contributed by atoms with Crippen LogP contribution in [0.1, 0.15) is 24.0 Å². The van der Waals surface area contributed by atoms with Crippen LogP contribution < -0.4 is 10.6 Å². The number of thiophene rings is 1. The predicted molar refractivity (Wildman–Crippen MR) is 117 cm³/mol. The predicted octanol–water partition coefficient (Wildman–Crippen LogP) is 3.93. The van der Waals surface area contributed by atoms with Crippen molar-refractivity contribution in [2.75, 3.05) is 13.1 Å². The summed E-state index contributed by atoms with van der Waals surface area (Å²) in [5, 5.41) is 8.76. The van der Waals surface area contributed by atoms with Gasteiger partial charge in [0.1, 0.15) is 5.82 Å². The monoisotopic (exact) mass is 469 g/mol. The Balaban J connectivity index is 0.00000225. The van der Waals surface area contributed by atoms with Crippen LogP contribution in [0.25, 0.3) is 11.0 Å². The number of aliphatic imine (C=N–C) groups is 1. The number of nitrogens with zero attached hydrogens (tertiary/aromatic N) is 2. The molecule has 3 rings (SSSR count). The zero-order chi connectivity index (χ0) is 16.6. The third-order valence-electron chi connectivity index (χ3n) is 3.64. The maximum atomic E-state index is 4.62. The quantitative estimate of drug-likeness (QED) is 0.213. The molecule has 0 spiro atoms. The molecule has 134 valence electrons. The third kappa shape index (κ3) is 6.00. The van der Waals surface area contributed by atoms with Crippen molar-refractivity contribution in [2.45, 2.75) is 26.3 Å². The Morgan fingerprint density at radius 1 is 1.20 bits per heavy atom. The van der Waals surface area contributed by atoms with Crippen molar-refractivity contribution in [3.8, 4) is 0 Å². The van der Waals surface area contributed by atoms with Crippen molar-refractivity contribution >= 4 is 52.3 Å². The molecule has 0 atom stereocenters. The van der Waals surface area contributed by atoms with Crippen LogP contribution in [-0.4, -0.2) is 29.0 Å². The number of halogens is 1. The third-order valence-corrected chi connectivity index (χ3v) is 4.50. The number of fused-ring (bicyclic) bond motifs is 1. The Bertz CT molecular complexity index is 749. The molecule has 0 aliphatic rings. The second-order valence-electron chi connectivity index (χ2n) is 5.51. The molecule has 0 bridgehead atoms. The maximum Gasteiger partial charge on any atom is 0.191 e. The molecule has 0 fully saturated rings. The lowest BCUT2D eigenvalue weighted by atomic mass is 10.3. The Labute approximate surface area is 169 Å². The summed E-state index contributed by atoms with van der Waals surface area (Å²) in [6.07, 6.45) is 1.93. The number of aromatic amines is 1. The van der Waals surface area contributed by atoms with Crippen LogP contribution >= 0.6 is 35.3 Å². The van der Waals surface area contributed by atoms with Gasteiger partial charge in [-0.2, -0.15) is 0 Å². The van der Waals surface area contributed by atoms with Crippen molar-refractivity contribution in [2.24, 2.45) is 4.99 Å². The highest BCUT2D eigenvalue weighted by atomic mass is 127. The zero-order valence-electron chi connectivity index (χ0n) is 14.3. The summed E-state index contributed by atoms with van der Waals surface area (Å²) < 4.78 is 0. The van der Waals surface area contributed by atoms with E-state index in [1.54, 1.807) is 11.3 Å². The number of imidazole rings is 1. The van der Waals surface area contributed by atoms with Crippen LogP contribution in [0.15, 0.2) is 46.8 Å². The fourth-order valence-electron chi connectivity index (χ4n) is 2.49. The lowest BCUT2D eigenvalue weighted by molar-refractivity contribution is 0.727. The number of H-pyrrole nitrogens is 1. The average Bonchev–Trinajstić information content (AvgIpc) is 3.25. The maximum absolute atomic E-state index is 4.62. The Morgan fingerprint density at radius 3 is 2.84 bits per heavy atom. The normalized spacial score (nSPS) is 11.3. The largest absolute Gasteiger partial charge is 0.357 e. The second-order valence-corrected chi connectivity index (χ2v) is 6.54. The van der Waals surface area contributed by atoms with Crippen molar-refractivity contribution in [1.29, 1.82) is 0 Å². The molecule has 5 nitrogen and oxygen atoms in total. The number of aromatic nitrogens is 2. The van der Waals surface area contributed by atoms with Crippen LogP contribution in [-0.2, 0) is 13.0 Å². The van der Waals surface area contributed by atoms with Gasteiger partial charge in [-0.1, -0.05) is 18.2 Å². The molecule has 0 radical (unpaired) electrons. The summed E-state index contributed by atoms with van der Waals surface area (Å²) in [5.41, 5.74) is 2.14. The van der Waals surface area contributed by atoms with Crippen molar-refractivity contribution < 1.29 is 0 Å². The van der Waals surface area contributed by atoms with E-state index >= 15 is 0 Å². The van der Waals surface area contributed by atoms with E-state index in [0.29, 0.717) is 0 Å². The second kappa shape index (κ2) is 10.4. The smallest absolute Gasteiger partial charge is 0.191 e.